The lowest BCUT2D eigenvalue weighted by atomic mass is 9.97. The smallest absolute Gasteiger partial charge is 0.0465 e. The van der Waals surface area contributed by atoms with Crippen molar-refractivity contribution < 1.29 is 5.11 Å². The zero-order valence-electron chi connectivity index (χ0n) is 10.0. The second kappa shape index (κ2) is 6.39. The lowest BCUT2D eigenvalue weighted by Crippen LogP contribution is -1.89. The maximum atomic E-state index is 8.99. The van der Waals surface area contributed by atoms with E-state index in [0.29, 0.717) is 6.42 Å². The van der Waals surface area contributed by atoms with E-state index in [4.69, 9.17) is 16.7 Å². The van der Waals surface area contributed by atoms with Gasteiger partial charge in [-0.1, -0.05) is 60.1 Å². The first kappa shape index (κ1) is 12.9. The lowest BCUT2D eigenvalue weighted by molar-refractivity contribution is 0.303. The maximum Gasteiger partial charge on any atom is 0.0465 e. The van der Waals surface area contributed by atoms with Crippen molar-refractivity contribution >= 4 is 17.2 Å². The van der Waals surface area contributed by atoms with Crippen molar-refractivity contribution in [1.29, 1.82) is 0 Å². The molecule has 18 heavy (non-hydrogen) atoms. The molecule has 0 bridgehead atoms. The molecule has 92 valence electrons. The van der Waals surface area contributed by atoms with E-state index >= 15 is 0 Å². The zero-order chi connectivity index (χ0) is 12.8. The van der Waals surface area contributed by atoms with Gasteiger partial charge in [-0.25, -0.2) is 0 Å². The van der Waals surface area contributed by atoms with Crippen LogP contribution in [0.15, 0.2) is 60.7 Å². The van der Waals surface area contributed by atoms with Crippen molar-refractivity contribution in [1.82, 2.24) is 0 Å². The fourth-order valence-electron chi connectivity index (χ4n) is 1.86. The number of aliphatic hydroxyl groups is 1. The van der Waals surface area contributed by atoms with Crippen molar-refractivity contribution in [2.45, 2.75) is 6.42 Å². The van der Waals surface area contributed by atoms with Crippen LogP contribution in [-0.2, 0) is 0 Å². The molecular weight excluding hydrogens is 244 g/mol. The van der Waals surface area contributed by atoms with E-state index in [1.807, 2.05) is 42.5 Å². The van der Waals surface area contributed by atoms with Gasteiger partial charge in [0.25, 0.3) is 0 Å². The monoisotopic (exact) mass is 258 g/mol. The van der Waals surface area contributed by atoms with Gasteiger partial charge in [0.1, 0.15) is 0 Å². The van der Waals surface area contributed by atoms with Crippen LogP contribution in [0.1, 0.15) is 17.5 Å². The Morgan fingerprint density at radius 2 is 1.56 bits per heavy atom. The van der Waals surface area contributed by atoms with Crippen molar-refractivity contribution in [2.75, 3.05) is 6.61 Å². The maximum absolute atomic E-state index is 8.99. The highest BCUT2D eigenvalue weighted by atomic mass is 35.5. The van der Waals surface area contributed by atoms with E-state index in [0.717, 1.165) is 21.7 Å². The molecule has 0 aliphatic heterocycles. The molecule has 2 rings (SSSR count). The largest absolute Gasteiger partial charge is 0.396 e. The quantitative estimate of drug-likeness (QED) is 0.873. The summed E-state index contributed by atoms with van der Waals surface area (Å²) in [4.78, 5) is 0. The molecule has 0 unspecified atom stereocenters. The minimum atomic E-state index is 0.157. The highest BCUT2D eigenvalue weighted by Gasteiger charge is 2.04. The molecule has 1 N–H and O–H groups in total. The second-order valence-corrected chi connectivity index (χ2v) is 4.44. The van der Waals surface area contributed by atoms with E-state index in [1.165, 1.54) is 0 Å². The fraction of sp³-hybridized carbons (Fsp3) is 0.125. The summed E-state index contributed by atoms with van der Waals surface area (Å²) in [5, 5.41) is 9.72. The Kier molecular flexibility index (Phi) is 4.57. The number of hydrogen-bond acceptors (Lipinski definition) is 1. The Hall–Kier alpha value is -1.57. The summed E-state index contributed by atoms with van der Waals surface area (Å²) in [5.74, 6) is 0. The summed E-state index contributed by atoms with van der Waals surface area (Å²) in [7, 11) is 0. The highest BCUT2D eigenvalue weighted by Crippen LogP contribution is 2.25. The van der Waals surface area contributed by atoms with Crippen LogP contribution in [0.2, 0.25) is 5.02 Å². The molecule has 0 atom stereocenters. The number of hydrogen-bond donors (Lipinski definition) is 1. The Labute approximate surface area is 112 Å². The Balaban J connectivity index is 2.40. The molecule has 0 saturated heterocycles. The normalized spacial score (nSPS) is 11.6. The van der Waals surface area contributed by atoms with Crippen LogP contribution in [0.4, 0.5) is 0 Å². The van der Waals surface area contributed by atoms with Crippen LogP contribution < -0.4 is 0 Å². The summed E-state index contributed by atoms with van der Waals surface area (Å²) < 4.78 is 0. The summed E-state index contributed by atoms with van der Waals surface area (Å²) in [6.07, 6.45) is 2.70. The number of halogens is 1. The average molecular weight is 259 g/mol. The first-order valence-electron chi connectivity index (χ1n) is 5.93. The third-order valence-corrected chi connectivity index (χ3v) is 2.97. The van der Waals surface area contributed by atoms with Gasteiger partial charge in [0.05, 0.1) is 0 Å². The standard InChI is InChI=1S/C16H15ClO/c17-15-10-8-14(9-11-15)16(7-4-12-18)13-5-2-1-3-6-13/h1-3,5-11,18H,4,12H2/b16-7-. The molecular formula is C16H15ClO. The van der Waals surface area contributed by atoms with Gasteiger partial charge in [-0.15, -0.1) is 0 Å². The summed E-state index contributed by atoms with van der Waals surface area (Å²) >= 11 is 5.91. The summed E-state index contributed by atoms with van der Waals surface area (Å²) in [6, 6.07) is 17.9. The van der Waals surface area contributed by atoms with E-state index < -0.39 is 0 Å². The van der Waals surface area contributed by atoms with Crippen LogP contribution in [-0.4, -0.2) is 11.7 Å². The van der Waals surface area contributed by atoms with E-state index in [2.05, 4.69) is 18.2 Å². The molecule has 1 nitrogen and oxygen atoms in total. The molecule has 0 aliphatic rings. The predicted molar refractivity (Wildman–Crippen MR) is 76.7 cm³/mol. The second-order valence-electron chi connectivity index (χ2n) is 4.00. The third kappa shape index (κ3) is 3.22. The Morgan fingerprint density at radius 1 is 0.944 bits per heavy atom. The molecule has 0 radical (unpaired) electrons. The molecule has 2 heteroatoms. The topological polar surface area (TPSA) is 20.2 Å². The van der Waals surface area contributed by atoms with Gasteiger partial charge in [-0.05, 0) is 35.3 Å². The van der Waals surface area contributed by atoms with Gasteiger partial charge >= 0.3 is 0 Å². The summed E-state index contributed by atoms with van der Waals surface area (Å²) in [6.45, 7) is 0.157. The first-order valence-corrected chi connectivity index (χ1v) is 6.31. The van der Waals surface area contributed by atoms with Gasteiger partial charge < -0.3 is 5.11 Å². The Bertz CT molecular complexity index is 515. The lowest BCUT2D eigenvalue weighted by Gasteiger charge is -2.08. The van der Waals surface area contributed by atoms with Crippen molar-refractivity contribution in [3.63, 3.8) is 0 Å². The molecule has 0 fully saturated rings. The number of aliphatic hydroxyl groups excluding tert-OH is 1. The molecule has 0 aromatic heterocycles. The van der Waals surface area contributed by atoms with Crippen LogP contribution >= 0.6 is 11.6 Å². The number of rotatable bonds is 4. The van der Waals surface area contributed by atoms with Crippen LogP contribution in [0, 0.1) is 0 Å². The van der Waals surface area contributed by atoms with E-state index in [-0.39, 0.29) is 6.61 Å². The van der Waals surface area contributed by atoms with Crippen molar-refractivity contribution in [3.8, 4) is 0 Å². The predicted octanol–water partition coefficient (Wildman–Crippen LogP) is 4.15. The molecule has 0 heterocycles. The summed E-state index contributed by atoms with van der Waals surface area (Å²) in [5.41, 5.74) is 3.38. The molecule has 0 saturated carbocycles. The molecule has 2 aromatic rings. The third-order valence-electron chi connectivity index (χ3n) is 2.72. The van der Waals surface area contributed by atoms with Gasteiger partial charge in [0.15, 0.2) is 0 Å². The van der Waals surface area contributed by atoms with E-state index in [9.17, 15) is 0 Å². The van der Waals surface area contributed by atoms with Gasteiger partial charge in [-0.3, -0.25) is 0 Å². The first-order chi connectivity index (χ1) is 8.81. The van der Waals surface area contributed by atoms with Gasteiger partial charge in [0, 0.05) is 11.6 Å². The van der Waals surface area contributed by atoms with Crippen LogP contribution in [0.5, 0.6) is 0 Å². The molecule has 2 aromatic carbocycles. The highest BCUT2D eigenvalue weighted by molar-refractivity contribution is 6.30. The fourth-order valence-corrected chi connectivity index (χ4v) is 1.98. The molecule has 0 amide bonds. The van der Waals surface area contributed by atoms with Crippen molar-refractivity contribution in [3.05, 3.63) is 76.8 Å². The number of benzene rings is 2. The van der Waals surface area contributed by atoms with Gasteiger partial charge in [-0.2, -0.15) is 0 Å². The average Bonchev–Trinajstić information content (AvgIpc) is 2.42. The molecule has 0 spiro atoms. The zero-order valence-corrected chi connectivity index (χ0v) is 10.8. The Morgan fingerprint density at radius 3 is 2.17 bits per heavy atom. The minimum absolute atomic E-state index is 0.157. The van der Waals surface area contributed by atoms with Crippen molar-refractivity contribution in [2.24, 2.45) is 0 Å². The van der Waals surface area contributed by atoms with Crippen LogP contribution in [0.3, 0.4) is 0 Å². The van der Waals surface area contributed by atoms with Crippen LogP contribution in [0.25, 0.3) is 5.57 Å². The van der Waals surface area contributed by atoms with E-state index in [1.54, 1.807) is 0 Å². The van der Waals surface area contributed by atoms with Gasteiger partial charge in [0.2, 0.25) is 0 Å². The molecule has 0 aliphatic carbocycles. The SMILES string of the molecule is OCC/C=C(/c1ccccc1)c1ccc(Cl)cc1. The minimum Gasteiger partial charge on any atom is -0.396 e.